The molecule has 8 nitrogen and oxygen atoms in total. The van der Waals surface area contributed by atoms with Gasteiger partial charge in [-0.2, -0.15) is 0 Å². The van der Waals surface area contributed by atoms with Gasteiger partial charge in [-0.05, 0) is 44.9 Å². The van der Waals surface area contributed by atoms with Crippen LogP contribution in [0.25, 0.3) is 0 Å². The molecular weight excluding hydrogens is 649 g/mol. The first-order chi connectivity index (χ1) is 24.3. The number of hydrogen-bond donors (Lipinski definition) is 6. The van der Waals surface area contributed by atoms with Gasteiger partial charge in [0.2, 0.25) is 5.91 Å². The van der Waals surface area contributed by atoms with Gasteiger partial charge in [0.05, 0.1) is 30.9 Å². The van der Waals surface area contributed by atoms with E-state index < -0.39 is 48.0 Å². The van der Waals surface area contributed by atoms with Crippen molar-refractivity contribution < 1.29 is 30.0 Å². The zero-order valence-corrected chi connectivity index (χ0v) is 32.1. The predicted octanol–water partition coefficient (Wildman–Crippen LogP) is 8.32. The Morgan fingerprint density at radius 1 is 0.720 bits per heavy atom. The molecule has 0 fully saturated rings. The molecule has 0 aliphatic heterocycles. The Morgan fingerprint density at radius 2 is 1.30 bits per heavy atom. The molecule has 0 aromatic rings. The SMILES string of the molecule is CCCCC/C=C\C\C=C/C=C/C=C/[C@@H](SC[C@H](N)C(=O)N[C@@H](CO)[C@H](O)/C=C/CCCCCCCCCCCCC)[C@@H](O)CCCC(=O)O. The molecule has 0 aliphatic rings. The van der Waals surface area contributed by atoms with E-state index in [9.17, 15) is 24.9 Å². The summed E-state index contributed by atoms with van der Waals surface area (Å²) in [6.07, 6.45) is 38.6. The molecule has 50 heavy (non-hydrogen) atoms. The lowest BCUT2D eigenvalue weighted by Crippen LogP contribution is -2.52. The maximum Gasteiger partial charge on any atom is 0.303 e. The highest BCUT2D eigenvalue weighted by atomic mass is 32.2. The van der Waals surface area contributed by atoms with E-state index >= 15 is 0 Å². The van der Waals surface area contributed by atoms with Crippen LogP contribution in [0.3, 0.4) is 0 Å². The maximum atomic E-state index is 12.8. The molecule has 288 valence electrons. The first kappa shape index (κ1) is 47.8. The van der Waals surface area contributed by atoms with Crippen molar-refractivity contribution in [3.8, 4) is 0 Å². The van der Waals surface area contributed by atoms with Gasteiger partial charge in [0, 0.05) is 17.4 Å². The smallest absolute Gasteiger partial charge is 0.303 e. The van der Waals surface area contributed by atoms with Crippen molar-refractivity contribution in [2.24, 2.45) is 5.73 Å². The molecule has 9 heteroatoms. The van der Waals surface area contributed by atoms with Crippen LogP contribution < -0.4 is 11.1 Å². The maximum absolute atomic E-state index is 12.8. The first-order valence-electron chi connectivity index (χ1n) is 19.4. The Bertz CT molecular complexity index is 967. The molecule has 0 unspecified atom stereocenters. The normalized spacial score (nSPS) is 15.5. The fraction of sp³-hybridized carbons (Fsp3) is 0.707. The van der Waals surface area contributed by atoms with E-state index in [1.165, 1.54) is 88.8 Å². The fourth-order valence-corrected chi connectivity index (χ4v) is 6.44. The summed E-state index contributed by atoms with van der Waals surface area (Å²) >= 11 is 1.31. The number of aliphatic carboxylic acids is 1. The molecular formula is C41H72N2O6S. The minimum atomic E-state index is -1.04. The summed E-state index contributed by atoms with van der Waals surface area (Å²) in [6.45, 7) is 4.01. The van der Waals surface area contributed by atoms with Gasteiger partial charge in [0.25, 0.3) is 0 Å². The number of aliphatic hydroxyl groups is 3. The van der Waals surface area contributed by atoms with Gasteiger partial charge < -0.3 is 31.5 Å². The number of carbonyl (C=O) groups excluding carboxylic acids is 1. The van der Waals surface area contributed by atoms with Gasteiger partial charge in [0.1, 0.15) is 0 Å². The van der Waals surface area contributed by atoms with Crippen molar-refractivity contribution in [2.45, 2.75) is 172 Å². The molecule has 0 aliphatic carbocycles. The fourth-order valence-electron chi connectivity index (χ4n) is 5.30. The number of nitrogens with two attached hydrogens (primary N) is 1. The Hall–Kier alpha value is -2.17. The number of aliphatic hydroxyl groups excluding tert-OH is 3. The van der Waals surface area contributed by atoms with Crippen molar-refractivity contribution >= 4 is 23.6 Å². The third-order valence-corrected chi connectivity index (χ3v) is 9.91. The molecule has 0 rings (SSSR count). The first-order valence-corrected chi connectivity index (χ1v) is 20.5. The van der Waals surface area contributed by atoms with Crippen LogP contribution in [0.15, 0.2) is 60.8 Å². The second-order valence-corrected chi connectivity index (χ2v) is 14.4. The van der Waals surface area contributed by atoms with Crippen LogP contribution in [0.1, 0.15) is 142 Å². The second-order valence-electron chi connectivity index (χ2n) is 13.2. The molecule has 1 amide bonds. The molecule has 0 spiro atoms. The number of carboxylic acid groups (broad SMARTS) is 1. The molecule has 7 N–H and O–H groups in total. The summed E-state index contributed by atoms with van der Waals surface area (Å²) in [4.78, 5) is 23.8. The number of carbonyl (C=O) groups is 2. The number of nitrogens with one attached hydrogen (secondary N) is 1. The van der Waals surface area contributed by atoms with Crippen molar-refractivity contribution in [1.29, 1.82) is 0 Å². The Labute approximate surface area is 308 Å². The van der Waals surface area contributed by atoms with E-state index in [0.29, 0.717) is 12.8 Å². The standard InChI is InChI=1S/C41H72N2O6S/c1-3-5-7-9-11-13-15-17-18-20-22-24-26-29-37(45)36(33-44)43-41(49)35(42)34-50-39(38(46)30-28-32-40(47)48)31-27-25-23-21-19-16-14-12-10-8-6-4-2/h12,14,19,21,23,25-27,29,31,35-39,44-46H,3-11,13,15-18,20,22,24,28,30,32-34,42H2,1-2H3,(H,43,49)(H,47,48)/b14-12-,21-19-,25-23+,29-26+,31-27+/t35-,36-,37+,38-,39+/m0/s1. The summed E-state index contributed by atoms with van der Waals surface area (Å²) in [5, 5.41) is 42.4. The summed E-state index contributed by atoms with van der Waals surface area (Å²) in [5.41, 5.74) is 6.18. The summed E-state index contributed by atoms with van der Waals surface area (Å²) in [5.74, 6) is -1.22. The molecule has 0 aromatic carbocycles. The van der Waals surface area contributed by atoms with Crippen LogP contribution in [-0.4, -0.2) is 74.2 Å². The molecule has 0 radical (unpaired) electrons. The Kier molecular flexibility index (Phi) is 33.7. The highest BCUT2D eigenvalue weighted by Crippen LogP contribution is 2.21. The van der Waals surface area contributed by atoms with E-state index in [4.69, 9.17) is 10.8 Å². The lowest BCUT2D eigenvalue weighted by Gasteiger charge is -2.24. The number of carboxylic acids is 1. The van der Waals surface area contributed by atoms with E-state index in [0.717, 1.165) is 32.1 Å². The number of rotatable bonds is 34. The van der Waals surface area contributed by atoms with Crippen LogP contribution >= 0.6 is 11.8 Å². The summed E-state index contributed by atoms with van der Waals surface area (Å²) in [6, 6.07) is -1.81. The number of amides is 1. The summed E-state index contributed by atoms with van der Waals surface area (Å²) in [7, 11) is 0. The minimum Gasteiger partial charge on any atom is -0.481 e. The van der Waals surface area contributed by atoms with Crippen LogP contribution in [0.4, 0.5) is 0 Å². The van der Waals surface area contributed by atoms with Crippen molar-refractivity contribution in [3.63, 3.8) is 0 Å². The lowest BCUT2D eigenvalue weighted by molar-refractivity contribution is -0.137. The average molecular weight is 721 g/mol. The largest absolute Gasteiger partial charge is 0.481 e. The second kappa shape index (κ2) is 35.2. The van der Waals surface area contributed by atoms with Gasteiger partial charge in [-0.15, -0.1) is 11.8 Å². The highest BCUT2D eigenvalue weighted by Gasteiger charge is 2.24. The van der Waals surface area contributed by atoms with Gasteiger partial charge in [0.15, 0.2) is 0 Å². The molecule has 0 saturated heterocycles. The number of thioether (sulfide) groups is 1. The van der Waals surface area contributed by atoms with Crippen molar-refractivity contribution in [2.75, 3.05) is 12.4 Å². The minimum absolute atomic E-state index is 0.0313. The number of hydrogen-bond acceptors (Lipinski definition) is 7. The Morgan fingerprint density at radius 3 is 1.94 bits per heavy atom. The molecule has 0 saturated carbocycles. The Balaban J connectivity index is 4.72. The van der Waals surface area contributed by atoms with Crippen LogP contribution in [0, 0.1) is 0 Å². The van der Waals surface area contributed by atoms with E-state index in [-0.39, 0.29) is 12.2 Å². The van der Waals surface area contributed by atoms with Gasteiger partial charge in [-0.1, -0.05) is 152 Å². The monoisotopic (exact) mass is 721 g/mol. The highest BCUT2D eigenvalue weighted by molar-refractivity contribution is 8.00. The third kappa shape index (κ3) is 29.5. The number of unbranched alkanes of at least 4 members (excludes halogenated alkanes) is 14. The third-order valence-electron chi connectivity index (χ3n) is 8.50. The topological polar surface area (TPSA) is 153 Å². The molecule has 5 atom stereocenters. The van der Waals surface area contributed by atoms with Gasteiger partial charge >= 0.3 is 5.97 Å². The van der Waals surface area contributed by atoms with Crippen molar-refractivity contribution in [1.82, 2.24) is 5.32 Å². The zero-order chi connectivity index (χ0) is 37.1. The number of allylic oxidation sites excluding steroid dienone is 8. The average Bonchev–Trinajstić information content (AvgIpc) is 3.10. The van der Waals surface area contributed by atoms with E-state index in [1.54, 1.807) is 6.08 Å². The molecule has 0 heterocycles. The quantitative estimate of drug-likeness (QED) is 0.0221. The zero-order valence-electron chi connectivity index (χ0n) is 31.3. The van der Waals surface area contributed by atoms with Crippen LogP contribution in [-0.2, 0) is 9.59 Å². The molecule has 0 bridgehead atoms. The van der Waals surface area contributed by atoms with Gasteiger partial charge in [-0.3, -0.25) is 9.59 Å². The predicted molar refractivity (Wildman–Crippen MR) is 212 cm³/mol. The molecule has 0 aromatic heterocycles. The summed E-state index contributed by atoms with van der Waals surface area (Å²) < 4.78 is 0. The van der Waals surface area contributed by atoms with Gasteiger partial charge in [-0.25, -0.2) is 0 Å². The van der Waals surface area contributed by atoms with Crippen LogP contribution in [0.2, 0.25) is 0 Å². The lowest BCUT2D eigenvalue weighted by atomic mass is 10.0. The van der Waals surface area contributed by atoms with E-state index in [1.807, 2.05) is 36.5 Å². The van der Waals surface area contributed by atoms with E-state index in [2.05, 4.69) is 37.4 Å². The van der Waals surface area contributed by atoms with Crippen LogP contribution in [0.5, 0.6) is 0 Å². The van der Waals surface area contributed by atoms with Crippen molar-refractivity contribution in [3.05, 3.63) is 60.8 Å².